The van der Waals surface area contributed by atoms with Crippen LogP contribution in [-0.2, 0) is 4.79 Å². The van der Waals surface area contributed by atoms with Crippen LogP contribution < -0.4 is 9.64 Å². The normalized spacial score (nSPS) is 16.1. The van der Waals surface area contributed by atoms with Gasteiger partial charge in [0.25, 0.3) is 5.91 Å². The molecule has 2 aromatic rings. The van der Waals surface area contributed by atoms with Gasteiger partial charge < -0.3 is 4.74 Å². The van der Waals surface area contributed by atoms with Gasteiger partial charge in [0.05, 0.1) is 13.8 Å². The molecule has 148 valence electrons. The molecule has 0 fully saturated rings. The van der Waals surface area contributed by atoms with Gasteiger partial charge in [-0.25, -0.2) is 0 Å². The van der Waals surface area contributed by atoms with Crippen molar-refractivity contribution in [1.29, 1.82) is 0 Å². The highest BCUT2D eigenvalue weighted by molar-refractivity contribution is 6.88. The number of carbonyl (C=O) groups is 1. The highest BCUT2D eigenvalue weighted by Crippen LogP contribution is 2.45. The standard InChI is InChI=1S/C24H31NO2Si/c1-17(2)28(18(3)4,19(5)6)16-23-24(26)25(20-12-8-7-9-13-20)21-14-10-11-15-22(21)27-23/h7-19H,1-6H3/b23-16-. The van der Waals surface area contributed by atoms with E-state index in [9.17, 15) is 4.79 Å². The number of carbonyl (C=O) groups excluding carboxylic acids is 1. The predicted octanol–water partition coefficient (Wildman–Crippen LogP) is 6.85. The van der Waals surface area contributed by atoms with Gasteiger partial charge in [0, 0.05) is 5.69 Å². The molecule has 0 spiro atoms. The Morgan fingerprint density at radius 2 is 1.36 bits per heavy atom. The number of ether oxygens (including phenoxy) is 1. The molecule has 3 nitrogen and oxygen atoms in total. The molecule has 3 rings (SSSR count). The van der Waals surface area contributed by atoms with Gasteiger partial charge in [-0.3, -0.25) is 9.69 Å². The van der Waals surface area contributed by atoms with E-state index in [0.29, 0.717) is 22.4 Å². The van der Waals surface area contributed by atoms with E-state index in [1.807, 2.05) is 54.6 Å². The first-order chi connectivity index (χ1) is 13.3. The second-order valence-electron chi connectivity index (χ2n) is 8.52. The fourth-order valence-corrected chi connectivity index (χ4v) is 10.4. The molecule has 0 bridgehead atoms. The molecular formula is C24H31NO2Si. The molecule has 0 aromatic heterocycles. The zero-order valence-corrected chi connectivity index (χ0v) is 18.8. The van der Waals surface area contributed by atoms with E-state index in [1.54, 1.807) is 4.90 Å². The van der Waals surface area contributed by atoms with Gasteiger partial charge >= 0.3 is 0 Å². The van der Waals surface area contributed by atoms with E-state index < -0.39 is 8.07 Å². The molecule has 28 heavy (non-hydrogen) atoms. The van der Waals surface area contributed by atoms with Crippen molar-refractivity contribution in [3.8, 4) is 5.75 Å². The van der Waals surface area contributed by atoms with Gasteiger partial charge in [-0.05, 0) is 46.6 Å². The lowest BCUT2D eigenvalue weighted by Gasteiger charge is -2.41. The Labute approximate surface area is 170 Å². The van der Waals surface area contributed by atoms with Crippen LogP contribution in [0.15, 0.2) is 66.1 Å². The van der Waals surface area contributed by atoms with Crippen LogP contribution in [0.1, 0.15) is 41.5 Å². The second kappa shape index (κ2) is 7.96. The van der Waals surface area contributed by atoms with Gasteiger partial charge in [-0.15, -0.1) is 0 Å². The van der Waals surface area contributed by atoms with Crippen LogP contribution in [0.4, 0.5) is 11.4 Å². The van der Waals surface area contributed by atoms with Gasteiger partial charge in [0.2, 0.25) is 0 Å². The fourth-order valence-electron chi connectivity index (χ4n) is 4.76. The van der Waals surface area contributed by atoms with Crippen LogP contribution in [-0.4, -0.2) is 14.0 Å². The third-order valence-corrected chi connectivity index (χ3v) is 12.9. The van der Waals surface area contributed by atoms with E-state index in [-0.39, 0.29) is 5.91 Å². The summed E-state index contributed by atoms with van der Waals surface area (Å²) in [5.74, 6) is 1.13. The second-order valence-corrected chi connectivity index (χ2v) is 14.3. The number of amides is 1. The Morgan fingerprint density at radius 3 is 1.93 bits per heavy atom. The first-order valence-electron chi connectivity index (χ1n) is 10.2. The van der Waals surface area contributed by atoms with E-state index >= 15 is 0 Å². The molecule has 1 aliphatic rings. The van der Waals surface area contributed by atoms with Crippen molar-refractivity contribution in [2.45, 2.75) is 58.2 Å². The third-order valence-electron chi connectivity index (χ3n) is 6.14. The molecule has 1 amide bonds. The lowest BCUT2D eigenvalue weighted by atomic mass is 10.2. The summed E-state index contributed by atoms with van der Waals surface area (Å²) < 4.78 is 6.21. The number of nitrogens with zero attached hydrogens (tertiary/aromatic N) is 1. The maximum atomic E-state index is 13.6. The average molecular weight is 394 g/mol. The van der Waals surface area contributed by atoms with Crippen LogP contribution in [0.25, 0.3) is 0 Å². The summed E-state index contributed by atoms with van der Waals surface area (Å²) in [6, 6.07) is 17.6. The highest BCUT2D eigenvalue weighted by Gasteiger charge is 2.43. The molecule has 0 unspecified atom stereocenters. The SMILES string of the molecule is CC(C)[Si](/C=C1\Oc2ccccc2N(c2ccccc2)C1=O)(C(C)C)C(C)C. The fraction of sp³-hybridized carbons (Fsp3) is 0.375. The van der Waals surface area contributed by atoms with Crippen molar-refractivity contribution in [2.75, 3.05) is 4.90 Å². The van der Waals surface area contributed by atoms with Gasteiger partial charge in [0.1, 0.15) is 0 Å². The molecule has 0 saturated heterocycles. The molecule has 0 aliphatic carbocycles. The molecule has 2 aromatic carbocycles. The first kappa shape index (κ1) is 20.4. The summed E-state index contributed by atoms with van der Waals surface area (Å²) in [5.41, 5.74) is 5.43. The smallest absolute Gasteiger partial charge is 0.297 e. The minimum Gasteiger partial charge on any atom is -0.450 e. The number of anilines is 2. The minimum atomic E-state index is -1.94. The number of para-hydroxylation sites is 3. The van der Waals surface area contributed by atoms with Crippen molar-refractivity contribution >= 4 is 25.4 Å². The summed E-state index contributed by atoms with van der Waals surface area (Å²) in [6.07, 6.45) is 0. The molecule has 1 aliphatic heterocycles. The Hall–Kier alpha value is -2.33. The van der Waals surface area contributed by atoms with Crippen LogP contribution in [0.5, 0.6) is 5.75 Å². The molecule has 0 radical (unpaired) electrons. The third kappa shape index (κ3) is 3.42. The summed E-state index contributed by atoms with van der Waals surface area (Å²) in [5, 5.41) is 0. The van der Waals surface area contributed by atoms with Gasteiger partial charge in [-0.1, -0.05) is 71.9 Å². The van der Waals surface area contributed by atoms with Crippen molar-refractivity contribution < 1.29 is 9.53 Å². The monoisotopic (exact) mass is 393 g/mol. The average Bonchev–Trinajstić information content (AvgIpc) is 2.66. The van der Waals surface area contributed by atoms with Gasteiger partial charge in [0.15, 0.2) is 11.5 Å². The molecule has 0 N–H and O–H groups in total. The van der Waals surface area contributed by atoms with Crippen LogP contribution in [0.2, 0.25) is 16.6 Å². The Balaban J connectivity index is 2.18. The molecule has 4 heteroatoms. The van der Waals surface area contributed by atoms with Crippen molar-refractivity contribution in [1.82, 2.24) is 0 Å². The Morgan fingerprint density at radius 1 is 0.821 bits per heavy atom. The van der Waals surface area contributed by atoms with E-state index in [4.69, 9.17) is 4.74 Å². The predicted molar refractivity (Wildman–Crippen MR) is 120 cm³/mol. The summed E-state index contributed by atoms with van der Waals surface area (Å²) in [4.78, 5) is 15.4. The molecule has 0 saturated carbocycles. The first-order valence-corrected chi connectivity index (χ1v) is 12.5. The highest BCUT2D eigenvalue weighted by atomic mass is 28.3. The number of fused-ring (bicyclic) bond motifs is 1. The van der Waals surface area contributed by atoms with Crippen LogP contribution in [0, 0.1) is 0 Å². The topological polar surface area (TPSA) is 29.5 Å². The zero-order chi connectivity index (χ0) is 20.5. The summed E-state index contributed by atoms with van der Waals surface area (Å²) in [6.45, 7) is 13.7. The number of hydrogen-bond donors (Lipinski definition) is 0. The number of rotatable bonds is 5. The number of benzene rings is 2. The van der Waals surface area contributed by atoms with E-state index in [2.05, 4.69) is 47.2 Å². The van der Waals surface area contributed by atoms with Crippen molar-refractivity contribution in [2.24, 2.45) is 0 Å². The van der Waals surface area contributed by atoms with Crippen molar-refractivity contribution in [3.63, 3.8) is 0 Å². The molecular weight excluding hydrogens is 362 g/mol. The molecule has 0 atom stereocenters. The maximum absolute atomic E-state index is 13.6. The zero-order valence-electron chi connectivity index (χ0n) is 17.8. The lowest BCUT2D eigenvalue weighted by Crippen LogP contribution is -2.45. The summed E-state index contributed by atoms with van der Waals surface area (Å²) >= 11 is 0. The Bertz CT molecular complexity index is 849. The van der Waals surface area contributed by atoms with Crippen molar-refractivity contribution in [3.05, 3.63) is 66.1 Å². The van der Waals surface area contributed by atoms with E-state index in [1.165, 1.54) is 0 Å². The quantitative estimate of drug-likeness (QED) is 0.411. The summed E-state index contributed by atoms with van der Waals surface area (Å²) in [7, 11) is -1.94. The van der Waals surface area contributed by atoms with Crippen LogP contribution >= 0.6 is 0 Å². The van der Waals surface area contributed by atoms with Gasteiger partial charge in [-0.2, -0.15) is 0 Å². The minimum absolute atomic E-state index is 0.0799. The number of hydrogen-bond acceptors (Lipinski definition) is 2. The largest absolute Gasteiger partial charge is 0.450 e. The van der Waals surface area contributed by atoms with E-state index in [0.717, 1.165) is 17.1 Å². The van der Waals surface area contributed by atoms with Crippen LogP contribution in [0.3, 0.4) is 0 Å². The Kier molecular flexibility index (Phi) is 5.80. The maximum Gasteiger partial charge on any atom is 0.297 e. The molecule has 1 heterocycles. The lowest BCUT2D eigenvalue weighted by molar-refractivity contribution is -0.116.